The van der Waals surface area contributed by atoms with Crippen molar-refractivity contribution >= 4 is 0 Å². The van der Waals surface area contributed by atoms with Gasteiger partial charge in [-0.3, -0.25) is 0 Å². The molecule has 0 saturated heterocycles. The smallest absolute Gasteiger partial charge is 0.248 e. The van der Waals surface area contributed by atoms with Gasteiger partial charge in [-0.1, -0.05) is 18.7 Å². The van der Waals surface area contributed by atoms with Gasteiger partial charge in [0.15, 0.2) is 11.5 Å². The Hall–Kier alpha value is -1.64. The van der Waals surface area contributed by atoms with Crippen LogP contribution in [0.25, 0.3) is 0 Å². The largest absolute Gasteiger partial charge is 0.501 e. The van der Waals surface area contributed by atoms with Crippen molar-refractivity contribution in [2.24, 2.45) is 0 Å². The molecule has 2 rings (SSSR count). The Bertz CT molecular complexity index is 321. The average molecular weight is 192 g/mol. The first-order valence-corrected chi connectivity index (χ1v) is 4.43. The van der Waals surface area contributed by atoms with Crippen LogP contribution < -0.4 is 9.47 Å². The summed E-state index contributed by atoms with van der Waals surface area (Å²) in [5.41, 5.74) is 0. The molecule has 0 N–H and O–H groups in total. The Kier molecular flexibility index (Phi) is 2.31. The summed E-state index contributed by atoms with van der Waals surface area (Å²) in [5, 5.41) is 0. The first-order valence-electron chi connectivity index (χ1n) is 4.43. The van der Waals surface area contributed by atoms with E-state index in [1.807, 2.05) is 24.3 Å². The van der Waals surface area contributed by atoms with Crippen molar-refractivity contribution in [3.05, 3.63) is 36.6 Å². The summed E-state index contributed by atoms with van der Waals surface area (Å²) in [6.45, 7) is 3.72. The minimum atomic E-state index is -0.306. The third kappa shape index (κ3) is 1.66. The SMILES string of the molecule is C=C(CC1Oc2ccccc2O1)OC. The van der Waals surface area contributed by atoms with Crippen molar-refractivity contribution in [1.29, 1.82) is 0 Å². The Morgan fingerprint density at radius 3 is 2.43 bits per heavy atom. The lowest BCUT2D eigenvalue weighted by molar-refractivity contribution is 0.0379. The number of hydrogen-bond donors (Lipinski definition) is 0. The van der Waals surface area contributed by atoms with Crippen molar-refractivity contribution in [2.75, 3.05) is 7.11 Å². The van der Waals surface area contributed by atoms with E-state index in [0.717, 1.165) is 11.5 Å². The van der Waals surface area contributed by atoms with E-state index in [1.54, 1.807) is 7.11 Å². The van der Waals surface area contributed by atoms with Crippen LogP contribution in [0.5, 0.6) is 11.5 Å². The molecule has 0 fully saturated rings. The minimum absolute atomic E-state index is 0.306. The van der Waals surface area contributed by atoms with Gasteiger partial charge in [-0.15, -0.1) is 0 Å². The van der Waals surface area contributed by atoms with Crippen LogP contribution in [0.1, 0.15) is 6.42 Å². The third-order valence-electron chi connectivity index (χ3n) is 2.05. The molecule has 0 spiro atoms. The second-order valence-electron chi connectivity index (χ2n) is 3.06. The summed E-state index contributed by atoms with van der Waals surface area (Å²) in [6.07, 6.45) is 0.241. The maximum Gasteiger partial charge on any atom is 0.248 e. The van der Waals surface area contributed by atoms with Crippen LogP contribution in [0, 0.1) is 0 Å². The second kappa shape index (κ2) is 3.62. The summed E-state index contributed by atoms with van der Waals surface area (Å²) in [6, 6.07) is 7.58. The molecule has 0 aromatic heterocycles. The number of methoxy groups -OCH3 is 1. The highest BCUT2D eigenvalue weighted by Gasteiger charge is 2.24. The van der Waals surface area contributed by atoms with Gasteiger partial charge in [0.2, 0.25) is 6.29 Å². The van der Waals surface area contributed by atoms with Crippen molar-refractivity contribution < 1.29 is 14.2 Å². The first kappa shape index (κ1) is 8.94. The van der Waals surface area contributed by atoms with E-state index in [-0.39, 0.29) is 6.29 Å². The number of hydrogen-bond acceptors (Lipinski definition) is 3. The molecule has 0 amide bonds. The number of fused-ring (bicyclic) bond motifs is 1. The lowest BCUT2D eigenvalue weighted by atomic mass is 10.3. The van der Waals surface area contributed by atoms with E-state index in [0.29, 0.717) is 12.2 Å². The molecule has 3 heteroatoms. The fourth-order valence-electron chi connectivity index (χ4n) is 1.30. The highest BCUT2D eigenvalue weighted by Crippen LogP contribution is 2.35. The predicted octanol–water partition coefficient (Wildman–Crippen LogP) is 2.33. The molecule has 1 aliphatic heterocycles. The standard InChI is InChI=1S/C11H12O3/c1-8(12-2)7-11-13-9-5-3-4-6-10(9)14-11/h3-6,11H,1,7H2,2H3. The van der Waals surface area contributed by atoms with E-state index in [4.69, 9.17) is 14.2 Å². The zero-order valence-electron chi connectivity index (χ0n) is 8.03. The molecule has 74 valence electrons. The molecule has 0 saturated carbocycles. The summed E-state index contributed by atoms with van der Waals surface area (Å²) in [4.78, 5) is 0. The molecule has 0 aliphatic carbocycles. The van der Waals surface area contributed by atoms with Gasteiger partial charge in [-0.2, -0.15) is 0 Å². The molecule has 1 aromatic rings. The van der Waals surface area contributed by atoms with Crippen LogP contribution >= 0.6 is 0 Å². The van der Waals surface area contributed by atoms with Gasteiger partial charge in [-0.25, -0.2) is 0 Å². The molecule has 0 bridgehead atoms. The normalized spacial score (nSPS) is 14.1. The molecule has 0 unspecified atom stereocenters. The Morgan fingerprint density at radius 1 is 1.36 bits per heavy atom. The number of rotatable bonds is 3. The van der Waals surface area contributed by atoms with Crippen molar-refractivity contribution in [1.82, 2.24) is 0 Å². The fourth-order valence-corrected chi connectivity index (χ4v) is 1.30. The number of benzene rings is 1. The van der Waals surface area contributed by atoms with Crippen LogP contribution in [0.2, 0.25) is 0 Å². The Balaban J connectivity index is 2.01. The lowest BCUT2D eigenvalue weighted by Crippen LogP contribution is -2.18. The monoisotopic (exact) mass is 192 g/mol. The average Bonchev–Trinajstić information content (AvgIpc) is 2.59. The van der Waals surface area contributed by atoms with E-state index in [9.17, 15) is 0 Å². The van der Waals surface area contributed by atoms with Crippen LogP contribution in [0.3, 0.4) is 0 Å². The second-order valence-corrected chi connectivity index (χ2v) is 3.06. The first-order chi connectivity index (χ1) is 6.79. The number of para-hydroxylation sites is 2. The Morgan fingerprint density at radius 2 is 1.93 bits per heavy atom. The molecular weight excluding hydrogens is 180 g/mol. The minimum Gasteiger partial charge on any atom is -0.501 e. The fraction of sp³-hybridized carbons (Fsp3) is 0.273. The van der Waals surface area contributed by atoms with Gasteiger partial charge in [0.25, 0.3) is 0 Å². The summed E-state index contributed by atoms with van der Waals surface area (Å²) < 4.78 is 16.0. The highest BCUT2D eigenvalue weighted by atomic mass is 16.7. The van der Waals surface area contributed by atoms with E-state index >= 15 is 0 Å². The Labute approximate surface area is 82.9 Å². The van der Waals surface area contributed by atoms with Gasteiger partial charge in [-0.05, 0) is 12.1 Å². The predicted molar refractivity (Wildman–Crippen MR) is 52.3 cm³/mol. The lowest BCUT2D eigenvalue weighted by Gasteiger charge is -2.10. The summed E-state index contributed by atoms with van der Waals surface area (Å²) >= 11 is 0. The highest BCUT2D eigenvalue weighted by molar-refractivity contribution is 5.41. The summed E-state index contributed by atoms with van der Waals surface area (Å²) in [7, 11) is 1.59. The molecule has 3 nitrogen and oxygen atoms in total. The van der Waals surface area contributed by atoms with Crippen molar-refractivity contribution in [2.45, 2.75) is 12.7 Å². The van der Waals surface area contributed by atoms with Gasteiger partial charge in [0.1, 0.15) is 0 Å². The van der Waals surface area contributed by atoms with Crippen molar-refractivity contribution in [3.8, 4) is 11.5 Å². The number of ether oxygens (including phenoxy) is 3. The summed E-state index contributed by atoms with van der Waals surface area (Å²) in [5.74, 6) is 2.21. The van der Waals surface area contributed by atoms with Gasteiger partial charge in [0, 0.05) is 0 Å². The molecule has 14 heavy (non-hydrogen) atoms. The molecular formula is C11H12O3. The third-order valence-corrected chi connectivity index (χ3v) is 2.05. The van der Waals surface area contributed by atoms with Gasteiger partial charge >= 0.3 is 0 Å². The zero-order valence-corrected chi connectivity index (χ0v) is 8.03. The van der Waals surface area contributed by atoms with Crippen LogP contribution in [-0.2, 0) is 4.74 Å². The maximum atomic E-state index is 5.52. The van der Waals surface area contributed by atoms with Crippen LogP contribution in [0.15, 0.2) is 36.6 Å². The molecule has 0 radical (unpaired) electrons. The topological polar surface area (TPSA) is 27.7 Å². The van der Waals surface area contributed by atoms with E-state index in [2.05, 4.69) is 6.58 Å². The van der Waals surface area contributed by atoms with Crippen LogP contribution in [0.4, 0.5) is 0 Å². The van der Waals surface area contributed by atoms with Gasteiger partial charge in [0.05, 0.1) is 19.3 Å². The van der Waals surface area contributed by atoms with Gasteiger partial charge < -0.3 is 14.2 Å². The molecule has 1 aliphatic rings. The molecule has 1 heterocycles. The van der Waals surface area contributed by atoms with E-state index < -0.39 is 0 Å². The molecule has 1 aromatic carbocycles. The quantitative estimate of drug-likeness (QED) is 0.688. The van der Waals surface area contributed by atoms with Crippen molar-refractivity contribution in [3.63, 3.8) is 0 Å². The van der Waals surface area contributed by atoms with E-state index in [1.165, 1.54) is 0 Å². The molecule has 0 atom stereocenters. The van der Waals surface area contributed by atoms with Crippen LogP contribution in [-0.4, -0.2) is 13.4 Å². The maximum absolute atomic E-state index is 5.52. The zero-order chi connectivity index (χ0) is 9.97.